The molecule has 6 heteroatoms. The number of nitrogens with two attached hydrogens (primary N) is 1. The SMILES string of the molecule is COc1ccc(CCNC(N)=NCC2CC(=O)Nc3ccccc32)cc1. The van der Waals surface area contributed by atoms with Gasteiger partial charge in [-0.2, -0.15) is 0 Å². The molecule has 136 valence electrons. The minimum absolute atomic E-state index is 0.0231. The summed E-state index contributed by atoms with van der Waals surface area (Å²) in [5.74, 6) is 1.33. The monoisotopic (exact) mass is 352 g/mol. The maximum Gasteiger partial charge on any atom is 0.225 e. The number of hydrogen-bond donors (Lipinski definition) is 3. The van der Waals surface area contributed by atoms with Gasteiger partial charge in [0.1, 0.15) is 5.75 Å². The predicted octanol–water partition coefficient (Wildman–Crippen LogP) is 2.27. The third-order valence-corrected chi connectivity index (χ3v) is 4.47. The van der Waals surface area contributed by atoms with Crippen LogP contribution in [0.5, 0.6) is 5.75 Å². The normalized spacial score (nSPS) is 16.6. The zero-order chi connectivity index (χ0) is 18.4. The Bertz CT molecular complexity index is 787. The number of carbonyl (C=O) groups excluding carboxylic acids is 1. The third kappa shape index (κ3) is 4.53. The molecule has 1 atom stereocenters. The van der Waals surface area contributed by atoms with Crippen LogP contribution in [0.4, 0.5) is 5.69 Å². The highest BCUT2D eigenvalue weighted by Crippen LogP contribution is 2.31. The Labute approximate surface area is 153 Å². The summed E-state index contributed by atoms with van der Waals surface area (Å²) >= 11 is 0. The van der Waals surface area contributed by atoms with Crippen LogP contribution in [0.25, 0.3) is 0 Å². The molecule has 0 bridgehead atoms. The van der Waals surface area contributed by atoms with Crippen molar-refractivity contribution in [3.8, 4) is 5.75 Å². The van der Waals surface area contributed by atoms with Crippen LogP contribution in [0, 0.1) is 0 Å². The number of benzene rings is 2. The fraction of sp³-hybridized carbons (Fsp3) is 0.300. The van der Waals surface area contributed by atoms with Crippen LogP contribution < -0.4 is 21.1 Å². The third-order valence-electron chi connectivity index (χ3n) is 4.47. The minimum Gasteiger partial charge on any atom is -0.497 e. The van der Waals surface area contributed by atoms with Gasteiger partial charge in [0.15, 0.2) is 5.96 Å². The first kappa shape index (κ1) is 17.8. The van der Waals surface area contributed by atoms with Gasteiger partial charge in [0.2, 0.25) is 5.91 Å². The molecule has 0 aromatic heterocycles. The number of nitrogens with zero attached hydrogens (tertiary/aromatic N) is 1. The van der Waals surface area contributed by atoms with Gasteiger partial charge in [-0.05, 0) is 35.7 Å². The van der Waals surface area contributed by atoms with Crippen LogP contribution in [-0.4, -0.2) is 32.1 Å². The van der Waals surface area contributed by atoms with Gasteiger partial charge < -0.3 is 21.1 Å². The molecule has 0 radical (unpaired) electrons. The van der Waals surface area contributed by atoms with Crippen molar-refractivity contribution >= 4 is 17.6 Å². The molecule has 2 aromatic rings. The van der Waals surface area contributed by atoms with E-state index in [1.807, 2.05) is 48.5 Å². The number of ether oxygens (including phenoxy) is 1. The minimum atomic E-state index is 0.0231. The van der Waals surface area contributed by atoms with Gasteiger partial charge in [-0.25, -0.2) is 0 Å². The standard InChI is InChI=1S/C20H24N4O2/c1-26-16-8-6-14(7-9-16)10-11-22-20(21)23-13-15-12-19(25)24-18-5-3-2-4-17(15)18/h2-9,15H,10-13H2,1H3,(H,24,25)(H3,21,22,23). The summed E-state index contributed by atoms with van der Waals surface area (Å²) in [5.41, 5.74) is 9.15. The number of rotatable bonds is 6. The Morgan fingerprint density at radius 3 is 2.81 bits per heavy atom. The topological polar surface area (TPSA) is 88.7 Å². The lowest BCUT2D eigenvalue weighted by molar-refractivity contribution is -0.116. The second-order valence-corrected chi connectivity index (χ2v) is 6.29. The molecule has 0 spiro atoms. The van der Waals surface area contributed by atoms with Gasteiger partial charge in [0.05, 0.1) is 13.7 Å². The Morgan fingerprint density at radius 2 is 2.04 bits per heavy atom. The number of methoxy groups -OCH3 is 1. The smallest absolute Gasteiger partial charge is 0.225 e. The van der Waals surface area contributed by atoms with E-state index in [4.69, 9.17) is 10.5 Å². The predicted molar refractivity (Wildman–Crippen MR) is 104 cm³/mol. The molecule has 3 rings (SSSR count). The number of aliphatic imine (C=N–C) groups is 1. The van der Waals surface area contributed by atoms with Gasteiger partial charge >= 0.3 is 0 Å². The first-order chi connectivity index (χ1) is 12.7. The number of amides is 1. The molecule has 1 aliphatic heterocycles. The largest absolute Gasteiger partial charge is 0.497 e. The number of fused-ring (bicyclic) bond motifs is 1. The molecule has 0 fully saturated rings. The molecule has 1 unspecified atom stereocenters. The Morgan fingerprint density at radius 1 is 1.27 bits per heavy atom. The lowest BCUT2D eigenvalue weighted by Gasteiger charge is -2.24. The summed E-state index contributed by atoms with van der Waals surface area (Å²) in [7, 11) is 1.65. The molecule has 6 nitrogen and oxygen atoms in total. The number of hydrogen-bond acceptors (Lipinski definition) is 3. The van der Waals surface area contributed by atoms with E-state index < -0.39 is 0 Å². The van der Waals surface area contributed by atoms with E-state index in [0.29, 0.717) is 25.5 Å². The van der Waals surface area contributed by atoms with Crippen molar-refractivity contribution in [2.45, 2.75) is 18.8 Å². The lowest BCUT2D eigenvalue weighted by atomic mass is 9.91. The van der Waals surface area contributed by atoms with E-state index in [-0.39, 0.29) is 11.8 Å². The van der Waals surface area contributed by atoms with Crippen LogP contribution in [0.15, 0.2) is 53.5 Å². The second kappa shape index (κ2) is 8.38. The summed E-state index contributed by atoms with van der Waals surface area (Å²) in [4.78, 5) is 16.3. The van der Waals surface area contributed by atoms with Crippen LogP contribution in [0.2, 0.25) is 0 Å². The summed E-state index contributed by atoms with van der Waals surface area (Å²) < 4.78 is 5.15. The van der Waals surface area contributed by atoms with Crippen molar-refractivity contribution in [1.29, 1.82) is 0 Å². The average Bonchev–Trinajstić information content (AvgIpc) is 2.66. The van der Waals surface area contributed by atoms with Crippen molar-refractivity contribution < 1.29 is 9.53 Å². The Kier molecular flexibility index (Phi) is 5.73. The molecular weight excluding hydrogens is 328 g/mol. The quantitative estimate of drug-likeness (QED) is 0.550. The highest BCUT2D eigenvalue weighted by Gasteiger charge is 2.24. The number of carbonyl (C=O) groups is 1. The maximum absolute atomic E-state index is 11.8. The summed E-state index contributed by atoms with van der Waals surface area (Å²) in [5, 5.41) is 6.03. The maximum atomic E-state index is 11.8. The van der Waals surface area contributed by atoms with E-state index in [0.717, 1.165) is 23.4 Å². The van der Waals surface area contributed by atoms with Gasteiger partial charge in [0, 0.05) is 24.6 Å². The van der Waals surface area contributed by atoms with E-state index in [1.54, 1.807) is 7.11 Å². The molecule has 1 amide bonds. The molecular formula is C20H24N4O2. The van der Waals surface area contributed by atoms with Crippen LogP contribution in [0.1, 0.15) is 23.5 Å². The first-order valence-electron chi connectivity index (χ1n) is 8.71. The van der Waals surface area contributed by atoms with Crippen molar-refractivity contribution in [1.82, 2.24) is 5.32 Å². The Hall–Kier alpha value is -3.02. The van der Waals surface area contributed by atoms with Crippen molar-refractivity contribution in [2.24, 2.45) is 10.7 Å². The van der Waals surface area contributed by atoms with Gasteiger partial charge in [-0.1, -0.05) is 30.3 Å². The molecule has 4 N–H and O–H groups in total. The molecule has 1 heterocycles. The van der Waals surface area contributed by atoms with Gasteiger partial charge in [-0.3, -0.25) is 9.79 Å². The number of para-hydroxylation sites is 1. The zero-order valence-corrected chi connectivity index (χ0v) is 14.9. The van der Waals surface area contributed by atoms with Crippen LogP contribution in [-0.2, 0) is 11.2 Å². The average molecular weight is 352 g/mol. The van der Waals surface area contributed by atoms with Gasteiger partial charge in [-0.15, -0.1) is 0 Å². The molecule has 26 heavy (non-hydrogen) atoms. The number of guanidine groups is 1. The highest BCUT2D eigenvalue weighted by molar-refractivity contribution is 5.94. The number of nitrogens with one attached hydrogen (secondary N) is 2. The van der Waals surface area contributed by atoms with Crippen LogP contribution >= 0.6 is 0 Å². The van der Waals surface area contributed by atoms with Crippen molar-refractivity contribution in [3.63, 3.8) is 0 Å². The summed E-state index contributed by atoms with van der Waals surface area (Å²) in [6.45, 7) is 1.19. The van der Waals surface area contributed by atoms with Crippen LogP contribution in [0.3, 0.4) is 0 Å². The van der Waals surface area contributed by atoms with E-state index in [2.05, 4.69) is 15.6 Å². The Balaban J connectivity index is 1.51. The second-order valence-electron chi connectivity index (χ2n) is 6.29. The molecule has 0 aliphatic carbocycles. The van der Waals surface area contributed by atoms with Gasteiger partial charge in [0.25, 0.3) is 0 Å². The molecule has 0 saturated heterocycles. The first-order valence-corrected chi connectivity index (χ1v) is 8.71. The highest BCUT2D eigenvalue weighted by atomic mass is 16.5. The van der Waals surface area contributed by atoms with E-state index in [9.17, 15) is 4.79 Å². The van der Waals surface area contributed by atoms with E-state index >= 15 is 0 Å². The molecule has 1 aliphatic rings. The van der Waals surface area contributed by atoms with E-state index in [1.165, 1.54) is 5.56 Å². The fourth-order valence-electron chi connectivity index (χ4n) is 3.06. The summed E-state index contributed by atoms with van der Waals surface area (Å²) in [6.07, 6.45) is 1.27. The van der Waals surface area contributed by atoms with Crippen molar-refractivity contribution in [2.75, 3.05) is 25.5 Å². The fourth-order valence-corrected chi connectivity index (χ4v) is 3.06. The molecule has 2 aromatic carbocycles. The number of anilines is 1. The lowest BCUT2D eigenvalue weighted by Crippen LogP contribution is -2.34. The van der Waals surface area contributed by atoms with Crippen molar-refractivity contribution in [3.05, 3.63) is 59.7 Å². The summed E-state index contributed by atoms with van der Waals surface area (Å²) in [6, 6.07) is 15.8. The zero-order valence-electron chi connectivity index (χ0n) is 14.9. The molecule has 0 saturated carbocycles.